The normalized spacial score (nSPS) is 16.8. The third-order valence-electron chi connectivity index (χ3n) is 5.02. The van der Waals surface area contributed by atoms with Crippen LogP contribution in [0.2, 0.25) is 0 Å². The van der Waals surface area contributed by atoms with Gasteiger partial charge in [-0.05, 0) is 55.7 Å². The van der Waals surface area contributed by atoms with Crippen molar-refractivity contribution in [2.24, 2.45) is 5.92 Å². The first-order chi connectivity index (χ1) is 12.9. The van der Waals surface area contributed by atoms with Crippen LogP contribution in [0.4, 0.5) is 0 Å². The second-order valence-electron chi connectivity index (χ2n) is 7.39. The fourth-order valence-electron chi connectivity index (χ4n) is 3.20. The van der Waals surface area contributed by atoms with E-state index in [4.69, 9.17) is 5.11 Å². The molecule has 0 spiro atoms. The molecule has 1 fully saturated rings. The molecule has 1 aromatic rings. The first-order valence-corrected chi connectivity index (χ1v) is 11.3. The van der Waals surface area contributed by atoms with Gasteiger partial charge in [0.25, 0.3) is 0 Å². The summed E-state index contributed by atoms with van der Waals surface area (Å²) in [5.41, 5.74) is 0.955. The van der Waals surface area contributed by atoms with Gasteiger partial charge in [-0.1, -0.05) is 25.5 Å². The number of carbonyl (C=O) groups excluding carboxylic acids is 1. The fourth-order valence-corrected chi connectivity index (χ4v) is 4.72. The molecule has 1 atom stereocenters. The summed E-state index contributed by atoms with van der Waals surface area (Å²) < 4.78 is 26.8. The molecule has 0 bridgehead atoms. The molecule has 0 aliphatic carbocycles. The highest BCUT2D eigenvalue weighted by Gasteiger charge is 2.25. The first kappa shape index (κ1) is 21.9. The lowest BCUT2D eigenvalue weighted by atomic mass is 10.1. The van der Waals surface area contributed by atoms with E-state index in [9.17, 15) is 13.2 Å². The van der Waals surface area contributed by atoms with Gasteiger partial charge in [0.05, 0.1) is 4.90 Å². The van der Waals surface area contributed by atoms with Crippen molar-refractivity contribution in [2.45, 2.75) is 56.8 Å². The number of piperidine rings is 1. The van der Waals surface area contributed by atoms with Crippen LogP contribution in [0.25, 0.3) is 0 Å². The van der Waals surface area contributed by atoms with Gasteiger partial charge in [0.1, 0.15) is 0 Å². The molecule has 0 unspecified atom stereocenters. The molecule has 27 heavy (non-hydrogen) atoms. The van der Waals surface area contributed by atoms with Crippen molar-refractivity contribution < 1.29 is 18.3 Å². The van der Waals surface area contributed by atoms with Gasteiger partial charge in [-0.15, -0.1) is 0 Å². The minimum absolute atomic E-state index is 0.00309. The van der Waals surface area contributed by atoms with Crippen LogP contribution in [0.15, 0.2) is 29.2 Å². The number of hydrogen-bond acceptors (Lipinski definition) is 4. The Labute approximate surface area is 163 Å². The predicted octanol–water partition coefficient (Wildman–Crippen LogP) is 2.32. The molecule has 0 saturated carbocycles. The Hall–Kier alpha value is -1.44. The maximum Gasteiger partial charge on any atom is 0.243 e. The topological polar surface area (TPSA) is 86.7 Å². The van der Waals surface area contributed by atoms with E-state index in [1.54, 1.807) is 28.6 Å². The summed E-state index contributed by atoms with van der Waals surface area (Å²) in [6.45, 7) is 3.98. The van der Waals surface area contributed by atoms with Gasteiger partial charge in [-0.2, -0.15) is 4.31 Å². The molecule has 1 aliphatic heterocycles. The van der Waals surface area contributed by atoms with Crippen LogP contribution >= 0.6 is 0 Å². The van der Waals surface area contributed by atoms with Crippen LogP contribution in [0.1, 0.15) is 51.0 Å². The monoisotopic (exact) mass is 396 g/mol. The summed E-state index contributed by atoms with van der Waals surface area (Å²) in [6.07, 6.45) is 5.65. The number of nitrogens with zero attached hydrogens (tertiary/aromatic N) is 1. The van der Waals surface area contributed by atoms with Gasteiger partial charge in [-0.25, -0.2) is 8.42 Å². The zero-order chi connectivity index (χ0) is 19.7. The summed E-state index contributed by atoms with van der Waals surface area (Å²) in [4.78, 5) is 12.2. The van der Waals surface area contributed by atoms with Crippen molar-refractivity contribution in [3.63, 3.8) is 0 Å². The molecule has 7 heteroatoms. The third-order valence-corrected chi connectivity index (χ3v) is 6.94. The van der Waals surface area contributed by atoms with Crippen molar-refractivity contribution in [1.29, 1.82) is 0 Å². The number of amides is 1. The summed E-state index contributed by atoms with van der Waals surface area (Å²) in [6, 6.07) is 6.89. The van der Waals surface area contributed by atoms with E-state index in [2.05, 4.69) is 5.32 Å². The maximum atomic E-state index is 12.6. The largest absolute Gasteiger partial charge is 0.396 e. The zero-order valence-corrected chi connectivity index (χ0v) is 17.0. The molecular weight excluding hydrogens is 364 g/mol. The lowest BCUT2D eigenvalue weighted by molar-refractivity contribution is -0.121. The van der Waals surface area contributed by atoms with Crippen molar-refractivity contribution in [3.05, 3.63) is 29.8 Å². The number of rotatable bonds is 10. The molecule has 6 nitrogen and oxygen atoms in total. The summed E-state index contributed by atoms with van der Waals surface area (Å²) in [7, 11) is -3.40. The highest BCUT2D eigenvalue weighted by molar-refractivity contribution is 7.89. The van der Waals surface area contributed by atoms with Crippen LogP contribution in [0, 0.1) is 5.92 Å². The van der Waals surface area contributed by atoms with Crippen LogP contribution in [0.3, 0.4) is 0 Å². The molecule has 2 rings (SSSR count). The number of aliphatic hydroxyl groups is 1. The molecular formula is C20H32N2O4S. The number of aliphatic hydroxyl groups excluding tert-OH is 1. The lowest BCUT2D eigenvalue weighted by Gasteiger charge is -2.25. The van der Waals surface area contributed by atoms with Gasteiger partial charge in [0.15, 0.2) is 0 Å². The Bertz CT molecular complexity index is 682. The molecule has 1 amide bonds. The smallest absolute Gasteiger partial charge is 0.243 e. The minimum Gasteiger partial charge on any atom is -0.396 e. The van der Waals surface area contributed by atoms with Crippen LogP contribution in [0.5, 0.6) is 0 Å². The van der Waals surface area contributed by atoms with E-state index in [-0.39, 0.29) is 18.4 Å². The number of benzene rings is 1. The molecule has 1 aromatic carbocycles. The van der Waals surface area contributed by atoms with E-state index in [0.29, 0.717) is 37.4 Å². The number of aryl methyl sites for hydroxylation is 1. The van der Waals surface area contributed by atoms with Gasteiger partial charge in [0, 0.05) is 32.7 Å². The van der Waals surface area contributed by atoms with E-state index < -0.39 is 10.0 Å². The Morgan fingerprint density at radius 1 is 1.19 bits per heavy atom. The quantitative estimate of drug-likeness (QED) is 0.594. The van der Waals surface area contributed by atoms with E-state index in [0.717, 1.165) is 37.7 Å². The van der Waals surface area contributed by atoms with Crippen molar-refractivity contribution in [1.82, 2.24) is 9.62 Å². The average Bonchev–Trinajstić information content (AvgIpc) is 2.70. The number of sulfonamides is 1. The van der Waals surface area contributed by atoms with E-state index in [1.807, 2.05) is 6.92 Å². The predicted molar refractivity (Wildman–Crippen MR) is 106 cm³/mol. The Morgan fingerprint density at radius 3 is 2.48 bits per heavy atom. The maximum absolute atomic E-state index is 12.6. The van der Waals surface area contributed by atoms with E-state index >= 15 is 0 Å². The van der Waals surface area contributed by atoms with Crippen molar-refractivity contribution >= 4 is 15.9 Å². The highest BCUT2D eigenvalue weighted by atomic mass is 32.2. The minimum atomic E-state index is -3.40. The fraction of sp³-hybridized carbons (Fsp3) is 0.650. The number of hydrogen-bond donors (Lipinski definition) is 2. The molecule has 0 aromatic heterocycles. The van der Waals surface area contributed by atoms with Gasteiger partial charge >= 0.3 is 0 Å². The van der Waals surface area contributed by atoms with Crippen LogP contribution in [-0.4, -0.2) is 50.0 Å². The van der Waals surface area contributed by atoms with Gasteiger partial charge in [-0.3, -0.25) is 4.79 Å². The number of nitrogens with one attached hydrogen (secondary N) is 1. The number of carbonyl (C=O) groups is 1. The Morgan fingerprint density at radius 2 is 1.85 bits per heavy atom. The summed E-state index contributed by atoms with van der Waals surface area (Å²) in [5.74, 6) is 0.262. The molecule has 2 N–H and O–H groups in total. The highest BCUT2D eigenvalue weighted by Crippen LogP contribution is 2.21. The van der Waals surface area contributed by atoms with Gasteiger partial charge < -0.3 is 10.4 Å². The second-order valence-corrected chi connectivity index (χ2v) is 9.33. The van der Waals surface area contributed by atoms with E-state index in [1.165, 1.54) is 0 Å². The molecule has 1 saturated heterocycles. The molecule has 1 aliphatic rings. The summed E-state index contributed by atoms with van der Waals surface area (Å²) in [5, 5.41) is 11.9. The van der Waals surface area contributed by atoms with Crippen molar-refractivity contribution in [3.8, 4) is 0 Å². The van der Waals surface area contributed by atoms with Crippen molar-refractivity contribution in [2.75, 3.05) is 26.2 Å². The van der Waals surface area contributed by atoms with Crippen LogP contribution < -0.4 is 5.32 Å². The van der Waals surface area contributed by atoms with Crippen LogP contribution in [-0.2, 0) is 21.2 Å². The molecule has 152 valence electrons. The Kier molecular flexibility index (Phi) is 8.73. The summed E-state index contributed by atoms with van der Waals surface area (Å²) >= 11 is 0. The Balaban J connectivity index is 1.77. The third kappa shape index (κ3) is 6.90. The average molecular weight is 397 g/mol. The molecule has 0 radical (unpaired) electrons. The van der Waals surface area contributed by atoms with Gasteiger partial charge in [0.2, 0.25) is 15.9 Å². The standard InChI is InChI=1S/C20H32N2O4S/c1-17(16-23)6-5-13-21-20(24)12-9-18-7-10-19(11-8-18)27(25,26)22-14-3-2-4-15-22/h7-8,10-11,17,23H,2-6,9,12-16H2,1H3,(H,21,24)/t17-/m0/s1. The second kappa shape index (κ2) is 10.8. The molecule has 1 heterocycles. The SMILES string of the molecule is C[C@H](CO)CCCNC(=O)CCc1ccc(S(=O)(=O)N2CCCCC2)cc1. The first-order valence-electron chi connectivity index (χ1n) is 9.90. The lowest BCUT2D eigenvalue weighted by Crippen LogP contribution is -2.35. The zero-order valence-electron chi connectivity index (χ0n) is 16.2.